The zero-order valence-corrected chi connectivity index (χ0v) is 35.0. The SMILES string of the molecule is [3H]C1CC(=O)N(CC(=O)NCCC(=O)NCCNC(=O)[C@]2(O)Cc3c(O)c4c(c(O)c3[C@@](O)(O[C@H]3C[C@H]5[C@H](O[C@@H]6[C@@H](OC)OCCN65)[C@H](C)O3)C2)C(=O)c2c(OC)cccc2C4=O)C1=O. The van der Waals surface area contributed by atoms with Crippen LogP contribution in [-0.2, 0) is 59.9 Å². The highest BCUT2D eigenvalue weighted by Gasteiger charge is 2.59. The molecule has 2 aromatic carbocycles. The van der Waals surface area contributed by atoms with Crippen LogP contribution in [0.2, 0.25) is 0 Å². The van der Waals surface area contributed by atoms with Gasteiger partial charge in [-0.1, -0.05) is 12.1 Å². The van der Waals surface area contributed by atoms with Gasteiger partial charge in [-0.3, -0.25) is 43.4 Å². The number of carbonyl (C=O) groups is 7. The summed E-state index contributed by atoms with van der Waals surface area (Å²) >= 11 is 0. The maximum absolute atomic E-state index is 14.2. The van der Waals surface area contributed by atoms with Gasteiger partial charge in [0.2, 0.25) is 35.2 Å². The standard InChI is InChI=1S/C42H49N5O17/c1-19-37-22(46-13-14-61-39(60-3)38(46)63-37)15-28(62-19)64-42(58)18-41(57,40(56)45-12-11-44-24(48)9-10-43-25(49)17-47-26(50)7-8-27(47)51)16-21-32(42)36(55)31-30(34(21)53)33(52)20-5-4-6-23(59-2)29(20)35(31)54/h4-6,19,22,28,37-39,53,55,57-58H,7-18H2,1-3H3,(H,43,49)(H,44,48)(H,45,56)/t19-,22-,28-,37+,38+,39-,41-,42-/m0/s1/i7T/t7?,19-,22-,28-,37+,38+,39-,41-,42-. The van der Waals surface area contributed by atoms with Crippen LogP contribution in [0.5, 0.6) is 17.2 Å². The van der Waals surface area contributed by atoms with Crippen molar-refractivity contribution in [3.8, 4) is 17.2 Å². The summed E-state index contributed by atoms with van der Waals surface area (Å²) in [6.45, 7) is 1.29. The molecular weight excluding hydrogens is 846 g/mol. The number of rotatable bonds is 13. The van der Waals surface area contributed by atoms with Gasteiger partial charge in [0.25, 0.3) is 5.91 Å². The van der Waals surface area contributed by atoms with Gasteiger partial charge in [0.15, 0.2) is 30.2 Å². The molecule has 0 spiro atoms. The van der Waals surface area contributed by atoms with Crippen molar-refractivity contribution in [2.24, 2.45) is 0 Å². The van der Waals surface area contributed by atoms with Gasteiger partial charge in [0.1, 0.15) is 29.9 Å². The second-order valence-electron chi connectivity index (χ2n) is 16.3. The van der Waals surface area contributed by atoms with Gasteiger partial charge in [-0.25, -0.2) is 0 Å². The smallest absolute Gasteiger partial charge is 0.252 e. The molecule has 8 rings (SSSR count). The van der Waals surface area contributed by atoms with Crippen LogP contribution in [0.25, 0.3) is 0 Å². The predicted molar refractivity (Wildman–Crippen MR) is 212 cm³/mol. The summed E-state index contributed by atoms with van der Waals surface area (Å²) < 4.78 is 42.8. The molecule has 9 atom stereocenters. The fraction of sp³-hybridized carbons (Fsp3) is 0.548. The van der Waals surface area contributed by atoms with E-state index in [1.54, 1.807) is 6.92 Å². The second-order valence-corrected chi connectivity index (χ2v) is 16.3. The molecule has 2 aliphatic carbocycles. The first kappa shape index (κ1) is 43.7. The largest absolute Gasteiger partial charge is 0.507 e. The Morgan fingerprint density at radius 2 is 1.67 bits per heavy atom. The number of nitrogens with zero attached hydrogens (tertiary/aromatic N) is 2. The highest BCUT2D eigenvalue weighted by atomic mass is 16.8. The molecule has 4 aliphatic heterocycles. The first-order valence-electron chi connectivity index (χ1n) is 21.3. The van der Waals surface area contributed by atoms with Gasteiger partial charge >= 0.3 is 0 Å². The normalized spacial score (nSPS) is 31.0. The number of aromatic hydroxyl groups is 2. The topological polar surface area (TPSA) is 298 Å². The van der Waals surface area contributed by atoms with E-state index >= 15 is 0 Å². The van der Waals surface area contributed by atoms with Crippen LogP contribution >= 0.6 is 0 Å². The zero-order chi connectivity index (χ0) is 46.7. The van der Waals surface area contributed by atoms with Crippen LogP contribution in [0.1, 0.15) is 83.3 Å². The van der Waals surface area contributed by atoms with E-state index in [0.717, 1.165) is 0 Å². The van der Waals surface area contributed by atoms with Crippen molar-refractivity contribution in [2.75, 3.05) is 53.6 Å². The molecule has 2 aromatic rings. The zero-order valence-electron chi connectivity index (χ0n) is 36.0. The number of phenols is 2. The summed E-state index contributed by atoms with van der Waals surface area (Å²) in [7, 11) is 2.77. The Labute approximate surface area is 366 Å². The highest BCUT2D eigenvalue weighted by molar-refractivity contribution is 6.31. The van der Waals surface area contributed by atoms with Gasteiger partial charge in [-0.15, -0.1) is 0 Å². The van der Waals surface area contributed by atoms with Crippen molar-refractivity contribution < 1.29 is 83.8 Å². The van der Waals surface area contributed by atoms with Crippen LogP contribution < -0.4 is 20.7 Å². The lowest BCUT2D eigenvalue weighted by atomic mass is 9.71. The van der Waals surface area contributed by atoms with E-state index in [4.69, 9.17) is 29.8 Å². The van der Waals surface area contributed by atoms with E-state index in [2.05, 4.69) is 16.0 Å². The second kappa shape index (κ2) is 17.4. The fourth-order valence-corrected chi connectivity index (χ4v) is 9.44. The van der Waals surface area contributed by atoms with Gasteiger partial charge in [-0.05, 0) is 13.0 Å². The molecule has 7 N–H and O–H groups in total. The van der Waals surface area contributed by atoms with Crippen molar-refractivity contribution in [3.63, 3.8) is 0 Å². The van der Waals surface area contributed by atoms with Gasteiger partial charge < -0.3 is 64.8 Å². The average Bonchev–Trinajstić information content (AvgIpc) is 3.76. The van der Waals surface area contributed by atoms with E-state index in [0.29, 0.717) is 18.1 Å². The molecule has 1 unspecified atom stereocenters. The van der Waals surface area contributed by atoms with Crippen molar-refractivity contribution >= 4 is 41.1 Å². The minimum atomic E-state index is -2.88. The summed E-state index contributed by atoms with van der Waals surface area (Å²) in [5, 5.41) is 56.2. The lowest BCUT2D eigenvalue weighted by Crippen LogP contribution is -2.59. The Hall–Kier alpha value is -5.59. The molecule has 0 saturated carbocycles. The van der Waals surface area contributed by atoms with Crippen LogP contribution in [-0.4, -0.2) is 168 Å². The number of nitrogens with one attached hydrogen (secondary N) is 3. The van der Waals surface area contributed by atoms with Crippen LogP contribution in [0, 0.1) is 0 Å². The fourth-order valence-electron chi connectivity index (χ4n) is 9.44. The highest BCUT2D eigenvalue weighted by Crippen LogP contribution is 2.54. The predicted octanol–water partition coefficient (Wildman–Crippen LogP) is -1.86. The Kier molecular flexibility index (Phi) is 11.9. The third-order valence-corrected chi connectivity index (χ3v) is 12.4. The molecule has 344 valence electrons. The molecule has 22 nitrogen and oxygen atoms in total. The molecular formula is C42H49N5O17. The summed E-state index contributed by atoms with van der Waals surface area (Å²) in [6.07, 6.45) is -7.29. The molecule has 64 heavy (non-hydrogen) atoms. The molecule has 0 bridgehead atoms. The Morgan fingerprint density at radius 1 is 0.938 bits per heavy atom. The number of likely N-dealkylation sites (tertiary alicyclic amines) is 1. The molecule has 5 amide bonds. The number of imide groups is 1. The van der Waals surface area contributed by atoms with Gasteiger partial charge in [-0.2, -0.15) is 0 Å². The number of ketones is 2. The lowest BCUT2D eigenvalue weighted by molar-refractivity contribution is -0.339. The van der Waals surface area contributed by atoms with Crippen LogP contribution in [0.4, 0.5) is 0 Å². The Balaban J connectivity index is 1.01. The number of methoxy groups -OCH3 is 2. The number of fused-ring (bicyclic) bond motifs is 6. The van der Waals surface area contributed by atoms with Gasteiger partial charge in [0, 0.05) is 90.3 Å². The van der Waals surface area contributed by atoms with Crippen molar-refractivity contribution in [1.82, 2.24) is 25.8 Å². The average molecular weight is 898 g/mol. The summed E-state index contributed by atoms with van der Waals surface area (Å²) in [5.41, 5.74) is -5.29. The summed E-state index contributed by atoms with van der Waals surface area (Å²) in [4.78, 5) is 93.4. The molecule has 4 saturated heterocycles. The van der Waals surface area contributed by atoms with Crippen molar-refractivity contribution in [1.29, 1.82) is 0 Å². The quantitative estimate of drug-likeness (QED) is 0.0428. The van der Waals surface area contributed by atoms with Crippen molar-refractivity contribution in [2.45, 2.75) is 93.9 Å². The third-order valence-electron chi connectivity index (χ3n) is 12.4. The third kappa shape index (κ3) is 7.86. The number of phenolic OH excluding ortho intramolecular Hbond substituents is 2. The number of benzene rings is 2. The van der Waals surface area contributed by atoms with Crippen LogP contribution in [0.3, 0.4) is 0 Å². The number of hydrogen-bond acceptors (Lipinski definition) is 18. The van der Waals surface area contributed by atoms with Gasteiger partial charge in [0.05, 0.1) is 42.1 Å². The summed E-state index contributed by atoms with van der Waals surface area (Å²) in [6, 6.07) is 3.86. The van der Waals surface area contributed by atoms with Crippen molar-refractivity contribution in [3.05, 3.63) is 51.6 Å². The van der Waals surface area contributed by atoms with E-state index in [1.165, 1.54) is 32.4 Å². The first-order chi connectivity index (χ1) is 30.9. The number of carbonyl (C=O) groups excluding carboxylic acids is 7. The van der Waals surface area contributed by atoms with E-state index < -0.39 is 143 Å². The number of hydrogen-bond donors (Lipinski definition) is 7. The van der Waals surface area contributed by atoms with E-state index in [1.807, 2.05) is 4.90 Å². The summed E-state index contributed by atoms with van der Waals surface area (Å²) in [5.74, 6) is -10.3. The maximum Gasteiger partial charge on any atom is 0.252 e. The number of amides is 5. The lowest BCUT2D eigenvalue weighted by Gasteiger charge is -2.46. The molecule has 6 aliphatic rings. The number of aliphatic hydroxyl groups is 2. The van der Waals surface area contributed by atoms with E-state index in [-0.39, 0.29) is 61.8 Å². The molecule has 4 heterocycles. The molecule has 0 aromatic heterocycles. The number of ether oxygens (including phenoxy) is 6. The monoisotopic (exact) mass is 897 g/mol. The molecule has 22 heteroatoms. The molecule has 0 radical (unpaired) electrons. The number of morpholine rings is 1. The Morgan fingerprint density at radius 3 is 2.39 bits per heavy atom. The maximum atomic E-state index is 14.2. The van der Waals surface area contributed by atoms with E-state index in [9.17, 15) is 54.0 Å². The first-order valence-corrected chi connectivity index (χ1v) is 20.7. The molecule has 4 fully saturated rings. The minimum Gasteiger partial charge on any atom is -0.507 e. The minimum absolute atomic E-state index is 0.00757. The Bertz CT molecular complexity index is 2350. The van der Waals surface area contributed by atoms with Crippen LogP contribution in [0.15, 0.2) is 18.2 Å².